The number of nitrogens with one attached hydrogen (secondary N) is 1. The van der Waals surface area contributed by atoms with Gasteiger partial charge in [-0.3, -0.25) is 10.2 Å². The Labute approximate surface area is 80.9 Å². The number of nitrogens with zero attached hydrogens (tertiary/aromatic N) is 3. The first-order valence-corrected chi connectivity index (χ1v) is 4.06. The zero-order valence-corrected chi connectivity index (χ0v) is 8.06. The molecule has 0 aliphatic heterocycles. The molecular formula is C7H13N5O2. The summed E-state index contributed by atoms with van der Waals surface area (Å²) in [5.41, 5.74) is 6.73. The molecule has 7 heteroatoms. The van der Waals surface area contributed by atoms with Crippen LogP contribution in [0.4, 0.5) is 5.95 Å². The Balaban J connectivity index is 2.54. The monoisotopic (exact) mass is 199 g/mol. The zero-order chi connectivity index (χ0) is 10.8. The normalized spacial score (nSPS) is 11.4. The number of nitrogens with two attached hydrogens (primary N) is 1. The number of nitrogen functional groups attached to an aromatic ring is 1. The molecule has 0 radical (unpaired) electrons. The van der Waals surface area contributed by atoms with Gasteiger partial charge in [-0.25, -0.2) is 4.68 Å². The minimum Gasteiger partial charge on any atom is -0.390 e. The summed E-state index contributed by atoms with van der Waals surface area (Å²) in [4.78, 5) is 11.3. The molecule has 1 aromatic rings. The highest BCUT2D eigenvalue weighted by atomic mass is 16.3. The van der Waals surface area contributed by atoms with Gasteiger partial charge >= 0.3 is 0 Å². The van der Waals surface area contributed by atoms with E-state index in [9.17, 15) is 9.90 Å². The summed E-state index contributed by atoms with van der Waals surface area (Å²) in [6, 6.07) is 0. The molecule has 0 fully saturated rings. The van der Waals surface area contributed by atoms with Crippen LogP contribution in [0.15, 0.2) is 6.33 Å². The van der Waals surface area contributed by atoms with E-state index in [0.29, 0.717) is 0 Å². The molecule has 1 heterocycles. The minimum atomic E-state index is -1.05. The van der Waals surface area contributed by atoms with Crippen molar-refractivity contribution >= 4 is 11.9 Å². The van der Waals surface area contributed by atoms with Crippen molar-refractivity contribution in [3.05, 3.63) is 6.33 Å². The number of amides is 1. The fraction of sp³-hybridized carbons (Fsp3) is 0.571. The second-order valence-electron chi connectivity index (χ2n) is 3.58. The number of aliphatic hydroxyl groups is 1. The summed E-state index contributed by atoms with van der Waals surface area (Å²) in [5, 5.41) is 16.3. The van der Waals surface area contributed by atoms with Crippen LogP contribution in [0.3, 0.4) is 0 Å². The molecule has 0 aliphatic carbocycles. The van der Waals surface area contributed by atoms with E-state index in [4.69, 9.17) is 5.73 Å². The molecule has 7 nitrogen and oxygen atoms in total. The number of rotatable bonds is 3. The summed E-state index contributed by atoms with van der Waals surface area (Å²) in [5.74, 6) is -0.266. The largest absolute Gasteiger partial charge is 0.390 e. The van der Waals surface area contributed by atoms with Crippen LogP contribution in [-0.2, 0) is 4.79 Å². The lowest BCUT2D eigenvalue weighted by Crippen LogP contribution is -2.31. The van der Waals surface area contributed by atoms with Crippen molar-refractivity contribution in [3.8, 4) is 0 Å². The van der Waals surface area contributed by atoms with Crippen LogP contribution in [0.25, 0.3) is 0 Å². The molecule has 0 aromatic carbocycles. The molecule has 0 atom stereocenters. The molecule has 1 amide bonds. The van der Waals surface area contributed by atoms with E-state index in [1.165, 1.54) is 11.0 Å². The van der Waals surface area contributed by atoms with E-state index < -0.39 is 5.60 Å². The van der Waals surface area contributed by atoms with E-state index in [0.717, 1.165) is 0 Å². The molecule has 0 bridgehead atoms. The van der Waals surface area contributed by atoms with Crippen LogP contribution in [0.1, 0.15) is 20.3 Å². The van der Waals surface area contributed by atoms with Gasteiger partial charge in [-0.1, -0.05) is 0 Å². The lowest BCUT2D eigenvalue weighted by atomic mass is 10.1. The second kappa shape index (κ2) is 3.62. The van der Waals surface area contributed by atoms with Gasteiger partial charge in [0, 0.05) is 0 Å². The minimum absolute atomic E-state index is 0.0232. The van der Waals surface area contributed by atoms with Gasteiger partial charge in [-0.15, -0.1) is 10.2 Å². The maximum absolute atomic E-state index is 11.3. The quantitative estimate of drug-likeness (QED) is 0.584. The number of carbonyl (C=O) groups is 1. The molecule has 0 spiro atoms. The van der Waals surface area contributed by atoms with Gasteiger partial charge in [0.05, 0.1) is 12.0 Å². The van der Waals surface area contributed by atoms with E-state index >= 15 is 0 Å². The fourth-order valence-corrected chi connectivity index (χ4v) is 0.897. The fourth-order valence-electron chi connectivity index (χ4n) is 0.897. The van der Waals surface area contributed by atoms with Gasteiger partial charge in [0.25, 0.3) is 0 Å². The Hall–Kier alpha value is -1.63. The van der Waals surface area contributed by atoms with E-state index in [1.54, 1.807) is 13.8 Å². The molecule has 0 saturated carbocycles. The van der Waals surface area contributed by atoms with Gasteiger partial charge in [0.2, 0.25) is 11.9 Å². The Bertz CT molecular complexity index is 327. The third kappa shape index (κ3) is 3.02. The number of hydrogen-bond donors (Lipinski definition) is 3. The van der Waals surface area contributed by atoms with Crippen molar-refractivity contribution in [2.75, 3.05) is 11.2 Å². The first-order valence-electron chi connectivity index (χ1n) is 4.06. The highest BCUT2D eigenvalue weighted by Crippen LogP contribution is 2.06. The Morgan fingerprint density at radius 1 is 1.79 bits per heavy atom. The predicted octanol–water partition coefficient (Wildman–Crippen LogP) is -0.909. The lowest BCUT2D eigenvalue weighted by Gasteiger charge is -2.16. The Morgan fingerprint density at radius 2 is 2.43 bits per heavy atom. The summed E-state index contributed by atoms with van der Waals surface area (Å²) in [7, 11) is 0. The first-order chi connectivity index (χ1) is 6.38. The third-order valence-electron chi connectivity index (χ3n) is 1.41. The van der Waals surface area contributed by atoms with E-state index in [1.807, 2.05) is 0 Å². The maximum Gasteiger partial charge on any atom is 0.241 e. The molecule has 1 rings (SSSR count). The predicted molar refractivity (Wildman–Crippen MR) is 49.7 cm³/mol. The SMILES string of the molecule is CC(C)(O)CC(=O)Nn1cnnc1N. The first kappa shape index (κ1) is 10.5. The summed E-state index contributed by atoms with van der Waals surface area (Å²) >= 11 is 0. The average molecular weight is 199 g/mol. The van der Waals surface area contributed by atoms with Crippen LogP contribution in [0.5, 0.6) is 0 Å². The van der Waals surface area contributed by atoms with Gasteiger partial charge in [0.15, 0.2) is 0 Å². The number of aromatic nitrogens is 3. The van der Waals surface area contributed by atoms with Gasteiger partial charge in [0.1, 0.15) is 6.33 Å². The molecule has 0 unspecified atom stereocenters. The molecule has 0 saturated heterocycles. The van der Waals surface area contributed by atoms with E-state index in [2.05, 4.69) is 15.6 Å². The van der Waals surface area contributed by atoms with Crippen LogP contribution in [0, 0.1) is 0 Å². The number of hydrogen-bond acceptors (Lipinski definition) is 5. The standard InChI is InChI=1S/C7H13N5O2/c1-7(2,14)3-5(13)11-12-4-9-10-6(12)8/h4,14H,3H2,1-2H3,(H2,8,10)(H,11,13). The molecular weight excluding hydrogens is 186 g/mol. The zero-order valence-electron chi connectivity index (χ0n) is 8.06. The van der Waals surface area contributed by atoms with Crippen LogP contribution in [0.2, 0.25) is 0 Å². The van der Waals surface area contributed by atoms with Gasteiger partial charge in [-0.05, 0) is 13.8 Å². The third-order valence-corrected chi connectivity index (χ3v) is 1.41. The highest BCUT2D eigenvalue weighted by molar-refractivity contribution is 5.84. The smallest absolute Gasteiger partial charge is 0.241 e. The molecule has 14 heavy (non-hydrogen) atoms. The van der Waals surface area contributed by atoms with Crippen LogP contribution < -0.4 is 11.2 Å². The molecule has 78 valence electrons. The molecule has 1 aromatic heterocycles. The van der Waals surface area contributed by atoms with Crippen LogP contribution in [-0.4, -0.2) is 31.5 Å². The highest BCUT2D eigenvalue weighted by Gasteiger charge is 2.18. The molecule has 4 N–H and O–H groups in total. The van der Waals surface area contributed by atoms with Crippen molar-refractivity contribution in [2.45, 2.75) is 25.9 Å². The number of anilines is 1. The summed E-state index contributed by atoms with van der Waals surface area (Å²) in [6.45, 7) is 3.09. The van der Waals surface area contributed by atoms with E-state index in [-0.39, 0.29) is 18.3 Å². The van der Waals surface area contributed by atoms with Gasteiger partial charge in [-0.2, -0.15) is 0 Å². The van der Waals surface area contributed by atoms with Crippen molar-refractivity contribution in [2.24, 2.45) is 0 Å². The van der Waals surface area contributed by atoms with Crippen molar-refractivity contribution in [1.29, 1.82) is 0 Å². The van der Waals surface area contributed by atoms with Crippen LogP contribution >= 0.6 is 0 Å². The topological polar surface area (TPSA) is 106 Å². The van der Waals surface area contributed by atoms with Crippen molar-refractivity contribution < 1.29 is 9.90 Å². The second-order valence-corrected chi connectivity index (χ2v) is 3.58. The van der Waals surface area contributed by atoms with Crippen molar-refractivity contribution in [3.63, 3.8) is 0 Å². The van der Waals surface area contributed by atoms with Crippen molar-refractivity contribution in [1.82, 2.24) is 14.9 Å². The Morgan fingerprint density at radius 3 is 2.86 bits per heavy atom. The Kier molecular flexibility index (Phi) is 2.70. The maximum atomic E-state index is 11.3. The molecule has 0 aliphatic rings. The summed E-state index contributed by atoms with van der Waals surface area (Å²) < 4.78 is 1.19. The lowest BCUT2D eigenvalue weighted by molar-refractivity contribution is -0.120. The van der Waals surface area contributed by atoms with Gasteiger partial charge < -0.3 is 10.8 Å². The average Bonchev–Trinajstić information content (AvgIpc) is 2.32. The number of carbonyl (C=O) groups excluding carboxylic acids is 1. The summed E-state index contributed by atoms with van der Waals surface area (Å²) in [6.07, 6.45) is 1.25.